The van der Waals surface area contributed by atoms with Gasteiger partial charge in [-0.25, -0.2) is 4.98 Å². The smallest absolute Gasteiger partial charge is 0.146 e. The van der Waals surface area contributed by atoms with Crippen molar-refractivity contribution in [1.29, 1.82) is 0 Å². The summed E-state index contributed by atoms with van der Waals surface area (Å²) in [5, 5.41) is 0. The average molecular weight is 153 g/mol. The van der Waals surface area contributed by atoms with Crippen LogP contribution in [-0.4, -0.2) is 22.6 Å². The van der Waals surface area contributed by atoms with Crippen molar-refractivity contribution in [2.24, 2.45) is 7.05 Å². The molecule has 3 heteroatoms. The van der Waals surface area contributed by atoms with Crippen molar-refractivity contribution >= 4 is 5.82 Å². The van der Waals surface area contributed by atoms with Crippen LogP contribution >= 0.6 is 0 Å². The predicted molar refractivity (Wildman–Crippen MR) is 46.8 cm³/mol. The van der Waals surface area contributed by atoms with Gasteiger partial charge in [-0.2, -0.15) is 0 Å². The maximum absolute atomic E-state index is 4.25. The number of aryl methyl sites for hydroxylation is 1. The standard InChI is InChI=1S/C8H15N3/c1-4-11(5-2)8-6-10(3)7-9-8/h6-7H,4-5H2,1-3H3. The molecule has 1 rings (SSSR count). The highest BCUT2D eigenvalue weighted by molar-refractivity contribution is 5.35. The van der Waals surface area contributed by atoms with E-state index in [1.54, 1.807) is 0 Å². The Hall–Kier alpha value is -0.990. The summed E-state index contributed by atoms with van der Waals surface area (Å²) < 4.78 is 1.97. The second-order valence-electron chi connectivity index (χ2n) is 2.57. The average Bonchev–Trinajstić information content (AvgIpc) is 2.39. The van der Waals surface area contributed by atoms with Crippen LogP contribution < -0.4 is 4.90 Å². The zero-order valence-electron chi connectivity index (χ0n) is 7.41. The van der Waals surface area contributed by atoms with E-state index in [1.807, 2.05) is 24.1 Å². The zero-order valence-corrected chi connectivity index (χ0v) is 7.41. The first-order valence-electron chi connectivity index (χ1n) is 4.00. The fourth-order valence-corrected chi connectivity index (χ4v) is 1.11. The molecule has 0 atom stereocenters. The van der Waals surface area contributed by atoms with Crippen molar-refractivity contribution in [3.63, 3.8) is 0 Å². The van der Waals surface area contributed by atoms with Gasteiger partial charge >= 0.3 is 0 Å². The Labute approximate surface area is 67.7 Å². The molecule has 0 radical (unpaired) electrons. The molecule has 0 aliphatic carbocycles. The molecule has 0 spiro atoms. The lowest BCUT2D eigenvalue weighted by Crippen LogP contribution is -2.21. The van der Waals surface area contributed by atoms with Gasteiger partial charge in [0.15, 0.2) is 0 Å². The molecular formula is C8H15N3. The molecule has 0 bridgehead atoms. The minimum Gasteiger partial charge on any atom is -0.356 e. The minimum absolute atomic E-state index is 1.02. The van der Waals surface area contributed by atoms with Crippen molar-refractivity contribution in [3.8, 4) is 0 Å². The summed E-state index contributed by atoms with van der Waals surface area (Å²) in [7, 11) is 1.99. The zero-order chi connectivity index (χ0) is 8.27. The highest BCUT2D eigenvalue weighted by Gasteiger charge is 2.02. The summed E-state index contributed by atoms with van der Waals surface area (Å²) in [6.45, 7) is 6.32. The maximum Gasteiger partial charge on any atom is 0.146 e. The van der Waals surface area contributed by atoms with Crippen LogP contribution in [0.1, 0.15) is 13.8 Å². The van der Waals surface area contributed by atoms with Gasteiger partial charge in [-0.1, -0.05) is 0 Å². The second-order valence-corrected chi connectivity index (χ2v) is 2.57. The molecule has 11 heavy (non-hydrogen) atoms. The van der Waals surface area contributed by atoms with Gasteiger partial charge in [-0.15, -0.1) is 0 Å². The second kappa shape index (κ2) is 3.42. The van der Waals surface area contributed by atoms with E-state index in [4.69, 9.17) is 0 Å². The van der Waals surface area contributed by atoms with Gasteiger partial charge in [0.2, 0.25) is 0 Å². The molecule has 1 aromatic rings. The van der Waals surface area contributed by atoms with E-state index >= 15 is 0 Å². The van der Waals surface area contributed by atoms with E-state index in [0.717, 1.165) is 18.9 Å². The summed E-state index contributed by atoms with van der Waals surface area (Å²) in [6.07, 6.45) is 3.86. The van der Waals surface area contributed by atoms with Crippen LogP contribution in [0.2, 0.25) is 0 Å². The Balaban J connectivity index is 2.73. The Bertz CT molecular complexity index is 213. The van der Waals surface area contributed by atoms with Crippen molar-refractivity contribution in [1.82, 2.24) is 9.55 Å². The largest absolute Gasteiger partial charge is 0.356 e. The van der Waals surface area contributed by atoms with Crippen molar-refractivity contribution in [3.05, 3.63) is 12.5 Å². The van der Waals surface area contributed by atoms with Crippen LogP contribution in [0.4, 0.5) is 5.82 Å². The molecule has 0 saturated carbocycles. The molecule has 62 valence electrons. The van der Waals surface area contributed by atoms with Crippen LogP contribution in [0.25, 0.3) is 0 Å². The molecule has 0 aliphatic heterocycles. The summed E-state index contributed by atoms with van der Waals surface area (Å²) in [4.78, 5) is 6.47. The van der Waals surface area contributed by atoms with Crippen LogP contribution in [0.5, 0.6) is 0 Å². The number of nitrogens with zero attached hydrogens (tertiary/aromatic N) is 3. The molecule has 1 heterocycles. The maximum atomic E-state index is 4.25. The van der Waals surface area contributed by atoms with Gasteiger partial charge in [-0.05, 0) is 13.8 Å². The number of hydrogen-bond donors (Lipinski definition) is 0. The third kappa shape index (κ3) is 1.73. The fraction of sp³-hybridized carbons (Fsp3) is 0.625. The normalized spacial score (nSPS) is 10.1. The Morgan fingerprint density at radius 1 is 1.45 bits per heavy atom. The van der Waals surface area contributed by atoms with Crippen molar-refractivity contribution < 1.29 is 0 Å². The van der Waals surface area contributed by atoms with Gasteiger partial charge in [0.1, 0.15) is 5.82 Å². The third-order valence-electron chi connectivity index (χ3n) is 1.78. The highest BCUT2D eigenvalue weighted by atomic mass is 15.2. The van der Waals surface area contributed by atoms with Crippen LogP contribution in [0.15, 0.2) is 12.5 Å². The van der Waals surface area contributed by atoms with E-state index in [-0.39, 0.29) is 0 Å². The number of rotatable bonds is 3. The Morgan fingerprint density at radius 2 is 2.09 bits per heavy atom. The Kier molecular flexibility index (Phi) is 2.52. The fourth-order valence-electron chi connectivity index (χ4n) is 1.11. The van der Waals surface area contributed by atoms with E-state index in [2.05, 4.69) is 23.7 Å². The highest BCUT2D eigenvalue weighted by Crippen LogP contribution is 2.07. The van der Waals surface area contributed by atoms with Gasteiger partial charge in [0.05, 0.1) is 6.33 Å². The molecule has 0 saturated heterocycles. The molecule has 3 nitrogen and oxygen atoms in total. The molecule has 0 amide bonds. The topological polar surface area (TPSA) is 21.1 Å². The van der Waals surface area contributed by atoms with Gasteiger partial charge in [-0.3, -0.25) is 0 Å². The third-order valence-corrected chi connectivity index (χ3v) is 1.78. The summed E-state index contributed by atoms with van der Waals surface area (Å²) in [6, 6.07) is 0. The molecule has 0 aromatic carbocycles. The number of anilines is 1. The quantitative estimate of drug-likeness (QED) is 0.652. The number of imidazole rings is 1. The summed E-state index contributed by atoms with van der Waals surface area (Å²) >= 11 is 0. The lowest BCUT2D eigenvalue weighted by molar-refractivity contribution is 0.849. The Morgan fingerprint density at radius 3 is 2.45 bits per heavy atom. The first kappa shape index (κ1) is 8.11. The van der Waals surface area contributed by atoms with E-state index < -0.39 is 0 Å². The monoisotopic (exact) mass is 153 g/mol. The van der Waals surface area contributed by atoms with Gasteiger partial charge < -0.3 is 9.47 Å². The van der Waals surface area contributed by atoms with Crippen LogP contribution in [0, 0.1) is 0 Å². The predicted octanol–water partition coefficient (Wildman–Crippen LogP) is 1.27. The van der Waals surface area contributed by atoms with E-state index in [1.165, 1.54) is 0 Å². The lowest BCUT2D eigenvalue weighted by atomic mass is 10.5. The van der Waals surface area contributed by atoms with E-state index in [0.29, 0.717) is 0 Å². The van der Waals surface area contributed by atoms with E-state index in [9.17, 15) is 0 Å². The van der Waals surface area contributed by atoms with Crippen molar-refractivity contribution in [2.45, 2.75) is 13.8 Å². The summed E-state index contributed by atoms with van der Waals surface area (Å²) in [5.41, 5.74) is 0. The van der Waals surface area contributed by atoms with Crippen LogP contribution in [-0.2, 0) is 7.05 Å². The lowest BCUT2D eigenvalue weighted by Gasteiger charge is -2.16. The number of hydrogen-bond acceptors (Lipinski definition) is 2. The van der Waals surface area contributed by atoms with Crippen LogP contribution in [0.3, 0.4) is 0 Å². The first-order valence-corrected chi connectivity index (χ1v) is 4.00. The number of aromatic nitrogens is 2. The minimum atomic E-state index is 1.02. The SMILES string of the molecule is CCN(CC)c1cn(C)cn1. The molecule has 0 fully saturated rings. The molecule has 0 N–H and O–H groups in total. The molecule has 1 aromatic heterocycles. The van der Waals surface area contributed by atoms with Crippen molar-refractivity contribution in [2.75, 3.05) is 18.0 Å². The molecular weight excluding hydrogens is 138 g/mol. The van der Waals surface area contributed by atoms with Gasteiger partial charge in [0, 0.05) is 26.3 Å². The first-order chi connectivity index (χ1) is 5.27. The molecule has 0 aliphatic rings. The van der Waals surface area contributed by atoms with Gasteiger partial charge in [0.25, 0.3) is 0 Å². The molecule has 0 unspecified atom stereocenters. The summed E-state index contributed by atoms with van der Waals surface area (Å²) in [5.74, 6) is 1.07.